The van der Waals surface area contributed by atoms with Gasteiger partial charge in [0.05, 0.1) is 5.56 Å². The van der Waals surface area contributed by atoms with Crippen molar-refractivity contribution in [3.05, 3.63) is 34.4 Å². The first-order chi connectivity index (χ1) is 7.22. The average molecular weight is 271 g/mol. The Morgan fingerprint density at radius 3 is 2.80 bits per heavy atom. The maximum absolute atomic E-state index is 13.5. The average Bonchev–Trinajstić information content (AvgIpc) is 2.66. The van der Waals surface area contributed by atoms with Crippen LogP contribution in [0.2, 0.25) is 0 Å². The summed E-state index contributed by atoms with van der Waals surface area (Å²) in [6.07, 6.45) is 0.638. The van der Waals surface area contributed by atoms with Crippen molar-refractivity contribution >= 4 is 15.9 Å². The summed E-state index contributed by atoms with van der Waals surface area (Å²) in [5.74, 6) is 0.327. The molecular formula is C10H8BrFN2O. The van der Waals surface area contributed by atoms with Crippen LogP contribution in [-0.4, -0.2) is 10.2 Å². The van der Waals surface area contributed by atoms with Gasteiger partial charge >= 0.3 is 0 Å². The summed E-state index contributed by atoms with van der Waals surface area (Å²) in [6, 6.07) is 4.70. The second-order valence-electron chi connectivity index (χ2n) is 2.95. The van der Waals surface area contributed by atoms with E-state index in [1.807, 2.05) is 6.92 Å². The zero-order valence-electron chi connectivity index (χ0n) is 8.00. The van der Waals surface area contributed by atoms with Gasteiger partial charge in [-0.3, -0.25) is 0 Å². The lowest BCUT2D eigenvalue weighted by atomic mass is 10.2. The normalized spacial score (nSPS) is 10.6. The highest BCUT2D eigenvalue weighted by Gasteiger charge is 2.15. The number of aryl methyl sites for hydroxylation is 1. The molecule has 0 aliphatic heterocycles. The van der Waals surface area contributed by atoms with Crippen molar-refractivity contribution in [1.82, 2.24) is 10.2 Å². The van der Waals surface area contributed by atoms with Gasteiger partial charge in [-0.25, -0.2) is 4.39 Å². The summed E-state index contributed by atoms with van der Waals surface area (Å²) >= 11 is 3.25. The number of aromatic nitrogens is 2. The molecule has 0 N–H and O–H groups in total. The molecule has 1 heterocycles. The summed E-state index contributed by atoms with van der Waals surface area (Å²) in [7, 11) is 0. The maximum atomic E-state index is 13.5. The second kappa shape index (κ2) is 4.10. The Kier molecular flexibility index (Phi) is 2.81. The van der Waals surface area contributed by atoms with Gasteiger partial charge in [-0.15, -0.1) is 10.2 Å². The number of benzene rings is 1. The molecule has 1 aromatic heterocycles. The Hall–Kier alpha value is -1.23. The molecule has 2 rings (SSSR count). The summed E-state index contributed by atoms with van der Waals surface area (Å²) in [6.45, 7) is 1.90. The van der Waals surface area contributed by atoms with E-state index in [1.54, 1.807) is 12.1 Å². The van der Waals surface area contributed by atoms with Gasteiger partial charge in [0.15, 0.2) is 0 Å². The van der Waals surface area contributed by atoms with Crippen LogP contribution in [0.15, 0.2) is 27.1 Å². The molecule has 2 aromatic rings. The van der Waals surface area contributed by atoms with Gasteiger partial charge in [0, 0.05) is 10.9 Å². The van der Waals surface area contributed by atoms with Crippen LogP contribution in [0.5, 0.6) is 0 Å². The molecule has 1 aromatic carbocycles. The Morgan fingerprint density at radius 1 is 1.40 bits per heavy atom. The fourth-order valence-corrected chi connectivity index (χ4v) is 1.71. The minimum absolute atomic E-state index is 0.205. The number of hydrogen-bond donors (Lipinski definition) is 0. The van der Waals surface area contributed by atoms with Crippen LogP contribution in [0.4, 0.5) is 4.39 Å². The van der Waals surface area contributed by atoms with Crippen molar-refractivity contribution < 1.29 is 8.81 Å². The fraction of sp³-hybridized carbons (Fsp3) is 0.200. The van der Waals surface area contributed by atoms with Crippen LogP contribution in [-0.2, 0) is 6.42 Å². The Bertz CT molecular complexity index is 464. The smallest absolute Gasteiger partial charge is 0.251 e. The van der Waals surface area contributed by atoms with E-state index in [4.69, 9.17) is 4.42 Å². The molecule has 0 radical (unpaired) electrons. The molecule has 3 nitrogen and oxygen atoms in total. The molecule has 0 bridgehead atoms. The van der Waals surface area contributed by atoms with Crippen molar-refractivity contribution in [3.8, 4) is 11.5 Å². The summed E-state index contributed by atoms with van der Waals surface area (Å²) in [5.41, 5.74) is 0.310. The quantitative estimate of drug-likeness (QED) is 0.841. The number of rotatable bonds is 2. The van der Waals surface area contributed by atoms with E-state index in [0.717, 1.165) is 0 Å². The van der Waals surface area contributed by atoms with E-state index in [-0.39, 0.29) is 11.7 Å². The molecule has 0 saturated heterocycles. The second-order valence-corrected chi connectivity index (χ2v) is 3.81. The van der Waals surface area contributed by atoms with E-state index < -0.39 is 0 Å². The molecule has 0 unspecified atom stereocenters. The number of hydrogen-bond acceptors (Lipinski definition) is 3. The molecule has 0 aliphatic carbocycles. The highest BCUT2D eigenvalue weighted by Crippen LogP contribution is 2.29. The van der Waals surface area contributed by atoms with E-state index in [9.17, 15) is 4.39 Å². The topological polar surface area (TPSA) is 38.9 Å². The van der Waals surface area contributed by atoms with Crippen LogP contribution < -0.4 is 0 Å². The Labute approximate surface area is 94.5 Å². The monoisotopic (exact) mass is 270 g/mol. The van der Waals surface area contributed by atoms with Gasteiger partial charge in [0.25, 0.3) is 5.89 Å². The van der Waals surface area contributed by atoms with Gasteiger partial charge in [-0.1, -0.05) is 13.0 Å². The zero-order valence-corrected chi connectivity index (χ0v) is 9.58. The molecule has 0 spiro atoms. The van der Waals surface area contributed by atoms with E-state index in [1.165, 1.54) is 6.07 Å². The third kappa shape index (κ3) is 1.92. The molecule has 0 aliphatic rings. The van der Waals surface area contributed by atoms with E-state index in [0.29, 0.717) is 22.3 Å². The molecule has 5 heteroatoms. The van der Waals surface area contributed by atoms with Crippen molar-refractivity contribution in [2.45, 2.75) is 13.3 Å². The van der Waals surface area contributed by atoms with Gasteiger partial charge in [-0.2, -0.15) is 0 Å². The maximum Gasteiger partial charge on any atom is 0.251 e. The molecule has 15 heavy (non-hydrogen) atoms. The first kappa shape index (κ1) is 10.3. The van der Waals surface area contributed by atoms with Crippen molar-refractivity contribution in [1.29, 1.82) is 0 Å². The highest BCUT2D eigenvalue weighted by molar-refractivity contribution is 9.10. The predicted molar refractivity (Wildman–Crippen MR) is 56.8 cm³/mol. The minimum atomic E-state index is -0.379. The summed E-state index contributed by atoms with van der Waals surface area (Å²) < 4.78 is 19.4. The van der Waals surface area contributed by atoms with Crippen molar-refractivity contribution in [2.75, 3.05) is 0 Å². The fourth-order valence-electron chi connectivity index (χ4n) is 1.20. The van der Waals surface area contributed by atoms with Crippen LogP contribution in [0.1, 0.15) is 12.8 Å². The lowest BCUT2D eigenvalue weighted by molar-refractivity contribution is 0.507. The number of halogens is 2. The lowest BCUT2D eigenvalue weighted by Gasteiger charge is -1.99. The molecule has 0 fully saturated rings. The standard InChI is InChI=1S/C10H8BrFN2O/c1-2-8-13-14-10(15-8)9-6(11)4-3-5-7(9)12/h3-5H,2H2,1H3. The lowest BCUT2D eigenvalue weighted by Crippen LogP contribution is -1.85. The van der Waals surface area contributed by atoms with E-state index >= 15 is 0 Å². The first-order valence-corrected chi connectivity index (χ1v) is 5.28. The number of nitrogens with zero attached hydrogens (tertiary/aromatic N) is 2. The molecule has 78 valence electrons. The van der Waals surface area contributed by atoms with Crippen LogP contribution in [0.25, 0.3) is 11.5 Å². The zero-order chi connectivity index (χ0) is 10.8. The van der Waals surface area contributed by atoms with Crippen LogP contribution in [0, 0.1) is 5.82 Å². The molecular weight excluding hydrogens is 263 g/mol. The van der Waals surface area contributed by atoms with Gasteiger partial charge in [0.1, 0.15) is 5.82 Å². The van der Waals surface area contributed by atoms with Gasteiger partial charge < -0.3 is 4.42 Å². The first-order valence-electron chi connectivity index (χ1n) is 4.49. The minimum Gasteiger partial charge on any atom is -0.421 e. The third-order valence-corrected chi connectivity index (χ3v) is 2.61. The molecule has 0 amide bonds. The van der Waals surface area contributed by atoms with Crippen molar-refractivity contribution in [3.63, 3.8) is 0 Å². The Balaban J connectivity index is 2.53. The summed E-state index contributed by atoms with van der Waals surface area (Å²) in [5, 5.41) is 7.58. The molecule has 0 saturated carbocycles. The molecule has 0 atom stereocenters. The SMILES string of the molecule is CCc1nnc(-c2c(F)cccc2Br)o1. The predicted octanol–water partition coefficient (Wildman–Crippen LogP) is 3.20. The van der Waals surface area contributed by atoms with Gasteiger partial charge in [0.2, 0.25) is 5.89 Å². The van der Waals surface area contributed by atoms with Crippen molar-refractivity contribution in [2.24, 2.45) is 0 Å². The van der Waals surface area contributed by atoms with Crippen LogP contribution >= 0.6 is 15.9 Å². The van der Waals surface area contributed by atoms with E-state index in [2.05, 4.69) is 26.1 Å². The van der Waals surface area contributed by atoms with Crippen LogP contribution in [0.3, 0.4) is 0 Å². The van der Waals surface area contributed by atoms with Gasteiger partial charge in [-0.05, 0) is 28.1 Å². The summed E-state index contributed by atoms with van der Waals surface area (Å²) in [4.78, 5) is 0. The highest BCUT2D eigenvalue weighted by atomic mass is 79.9. The Morgan fingerprint density at radius 2 is 2.20 bits per heavy atom. The largest absolute Gasteiger partial charge is 0.421 e. The third-order valence-electron chi connectivity index (χ3n) is 1.95.